The number of anilines is 1. The van der Waals surface area contributed by atoms with Crippen LogP contribution in [0.1, 0.15) is 24.6 Å². The Kier molecular flexibility index (Phi) is 3.82. The molecule has 1 fully saturated rings. The van der Waals surface area contributed by atoms with Crippen LogP contribution < -0.4 is 4.72 Å². The summed E-state index contributed by atoms with van der Waals surface area (Å²) >= 11 is 7.14. The third-order valence-corrected chi connectivity index (χ3v) is 6.15. The van der Waals surface area contributed by atoms with Crippen LogP contribution in [-0.4, -0.2) is 18.6 Å². The smallest absolute Gasteiger partial charge is 0.270 e. The van der Waals surface area contributed by atoms with Crippen molar-refractivity contribution in [2.24, 2.45) is 0 Å². The number of hydrogen-bond acceptors (Lipinski definition) is 6. The summed E-state index contributed by atoms with van der Waals surface area (Å²) < 4.78 is 32.9. The van der Waals surface area contributed by atoms with Crippen LogP contribution in [-0.2, 0) is 10.0 Å². The number of thiophene rings is 1. The molecule has 9 heteroatoms. The van der Waals surface area contributed by atoms with E-state index in [1.807, 2.05) is 0 Å². The van der Waals surface area contributed by atoms with Crippen molar-refractivity contribution in [2.45, 2.75) is 23.7 Å². The lowest BCUT2D eigenvalue weighted by molar-refractivity contribution is 0.423. The van der Waals surface area contributed by atoms with Gasteiger partial charge in [0.15, 0.2) is 5.82 Å². The Labute approximate surface area is 147 Å². The fourth-order valence-electron chi connectivity index (χ4n) is 2.21. The van der Waals surface area contributed by atoms with Crippen LogP contribution >= 0.6 is 22.9 Å². The van der Waals surface area contributed by atoms with Gasteiger partial charge < -0.3 is 4.52 Å². The summed E-state index contributed by atoms with van der Waals surface area (Å²) in [7, 11) is -3.72. The van der Waals surface area contributed by atoms with E-state index in [4.69, 9.17) is 16.1 Å². The highest BCUT2D eigenvalue weighted by Gasteiger charge is 2.30. The first-order valence-electron chi connectivity index (χ1n) is 7.23. The molecule has 3 aromatic rings. The van der Waals surface area contributed by atoms with Gasteiger partial charge >= 0.3 is 0 Å². The van der Waals surface area contributed by atoms with Gasteiger partial charge in [-0.2, -0.15) is 4.98 Å². The van der Waals surface area contributed by atoms with Crippen LogP contribution in [0.3, 0.4) is 0 Å². The van der Waals surface area contributed by atoms with E-state index in [2.05, 4.69) is 14.9 Å². The molecule has 1 saturated carbocycles. The van der Waals surface area contributed by atoms with Crippen molar-refractivity contribution in [2.75, 3.05) is 4.72 Å². The average Bonchev–Trinajstić information content (AvgIpc) is 3.11. The standard InChI is InChI=1S/C15H12ClN3O3S2/c16-10-3-5-11(6-4-10)24(20,21)19-12-7-8-23-13(12)15-17-14(18-22-15)9-1-2-9/h3-9,19H,1-2H2. The van der Waals surface area contributed by atoms with Crippen molar-refractivity contribution in [3.05, 3.63) is 46.6 Å². The Balaban J connectivity index is 1.63. The molecule has 2 heterocycles. The molecule has 0 bridgehead atoms. The summed E-state index contributed by atoms with van der Waals surface area (Å²) in [5.41, 5.74) is 0.418. The molecule has 1 aromatic carbocycles. The lowest BCUT2D eigenvalue weighted by atomic mass is 10.4. The highest BCUT2D eigenvalue weighted by molar-refractivity contribution is 7.92. The Morgan fingerprint density at radius 3 is 2.67 bits per heavy atom. The lowest BCUT2D eigenvalue weighted by Crippen LogP contribution is -2.12. The van der Waals surface area contributed by atoms with Crippen LogP contribution in [0.5, 0.6) is 0 Å². The quantitative estimate of drug-likeness (QED) is 0.718. The van der Waals surface area contributed by atoms with E-state index < -0.39 is 10.0 Å². The first-order valence-corrected chi connectivity index (χ1v) is 9.97. The summed E-state index contributed by atoms with van der Waals surface area (Å²) in [5.74, 6) is 1.39. The van der Waals surface area contributed by atoms with E-state index >= 15 is 0 Å². The monoisotopic (exact) mass is 381 g/mol. The zero-order valence-electron chi connectivity index (χ0n) is 12.3. The molecule has 0 radical (unpaired) electrons. The predicted octanol–water partition coefficient (Wildman–Crippen LogP) is 4.13. The SMILES string of the molecule is O=S(=O)(Nc1ccsc1-c1nc(C2CC2)no1)c1ccc(Cl)cc1. The van der Waals surface area contributed by atoms with Crippen LogP contribution in [0, 0.1) is 0 Å². The maximum absolute atomic E-state index is 12.5. The topological polar surface area (TPSA) is 85.1 Å². The van der Waals surface area contributed by atoms with E-state index in [1.165, 1.54) is 35.6 Å². The van der Waals surface area contributed by atoms with Crippen molar-refractivity contribution in [3.63, 3.8) is 0 Å². The number of sulfonamides is 1. The second-order valence-electron chi connectivity index (χ2n) is 5.45. The molecule has 1 N–H and O–H groups in total. The number of nitrogens with zero attached hydrogens (tertiary/aromatic N) is 2. The molecule has 6 nitrogen and oxygen atoms in total. The molecule has 24 heavy (non-hydrogen) atoms. The van der Waals surface area contributed by atoms with Crippen LogP contribution in [0.15, 0.2) is 45.1 Å². The minimum atomic E-state index is -3.72. The Morgan fingerprint density at radius 1 is 1.21 bits per heavy atom. The van der Waals surface area contributed by atoms with Gasteiger partial charge in [-0.15, -0.1) is 11.3 Å². The van der Waals surface area contributed by atoms with Gasteiger partial charge in [-0.3, -0.25) is 4.72 Å². The van der Waals surface area contributed by atoms with Crippen molar-refractivity contribution in [1.82, 2.24) is 10.1 Å². The number of hydrogen-bond donors (Lipinski definition) is 1. The van der Waals surface area contributed by atoms with E-state index in [1.54, 1.807) is 11.4 Å². The van der Waals surface area contributed by atoms with Gasteiger partial charge in [0.2, 0.25) is 0 Å². The van der Waals surface area contributed by atoms with Gasteiger partial charge in [0.05, 0.1) is 10.6 Å². The van der Waals surface area contributed by atoms with Gasteiger partial charge in [-0.1, -0.05) is 16.8 Å². The van der Waals surface area contributed by atoms with Gasteiger partial charge in [-0.25, -0.2) is 8.42 Å². The summed E-state index contributed by atoms with van der Waals surface area (Å²) in [6.07, 6.45) is 2.14. The third-order valence-electron chi connectivity index (χ3n) is 3.61. The summed E-state index contributed by atoms with van der Waals surface area (Å²) in [6.45, 7) is 0. The summed E-state index contributed by atoms with van der Waals surface area (Å²) in [5, 5.41) is 6.22. The minimum Gasteiger partial charge on any atom is -0.333 e. The molecule has 4 rings (SSSR count). The number of rotatable bonds is 5. The molecule has 1 aliphatic carbocycles. The second-order valence-corrected chi connectivity index (χ2v) is 8.49. The Hall–Kier alpha value is -1.90. The fraction of sp³-hybridized carbons (Fsp3) is 0.200. The molecule has 0 saturated heterocycles. The minimum absolute atomic E-state index is 0.133. The zero-order valence-corrected chi connectivity index (χ0v) is 14.7. The molecule has 0 aliphatic heterocycles. The average molecular weight is 382 g/mol. The molecule has 124 valence electrons. The highest BCUT2D eigenvalue weighted by atomic mass is 35.5. The lowest BCUT2D eigenvalue weighted by Gasteiger charge is -2.07. The highest BCUT2D eigenvalue weighted by Crippen LogP contribution is 2.40. The first-order chi connectivity index (χ1) is 11.5. The van der Waals surface area contributed by atoms with Crippen LogP contribution in [0.2, 0.25) is 5.02 Å². The van der Waals surface area contributed by atoms with Crippen molar-refractivity contribution in [1.29, 1.82) is 0 Å². The normalized spacial score (nSPS) is 14.7. The molecule has 0 atom stereocenters. The molecule has 0 spiro atoms. The van der Waals surface area contributed by atoms with Crippen LogP contribution in [0.4, 0.5) is 5.69 Å². The predicted molar refractivity (Wildman–Crippen MR) is 91.8 cm³/mol. The van der Waals surface area contributed by atoms with Gasteiger partial charge in [0.1, 0.15) is 4.88 Å². The number of aromatic nitrogens is 2. The molecule has 1 aliphatic rings. The molecular weight excluding hydrogens is 370 g/mol. The van der Waals surface area contributed by atoms with Gasteiger partial charge in [0, 0.05) is 10.9 Å². The first kappa shape index (κ1) is 15.6. The second kappa shape index (κ2) is 5.87. The maximum atomic E-state index is 12.5. The van der Waals surface area contributed by atoms with E-state index in [-0.39, 0.29) is 4.90 Å². The number of benzene rings is 1. The van der Waals surface area contributed by atoms with Crippen molar-refractivity contribution >= 4 is 38.6 Å². The summed E-state index contributed by atoms with van der Waals surface area (Å²) in [4.78, 5) is 5.11. The van der Waals surface area contributed by atoms with E-state index in [0.717, 1.165) is 12.8 Å². The molecule has 0 unspecified atom stereocenters. The molecule has 0 amide bonds. The fourth-order valence-corrected chi connectivity index (χ4v) is 4.24. The molecular formula is C15H12ClN3O3S2. The Bertz CT molecular complexity index is 976. The van der Waals surface area contributed by atoms with Crippen molar-refractivity contribution in [3.8, 4) is 10.8 Å². The maximum Gasteiger partial charge on any atom is 0.270 e. The van der Waals surface area contributed by atoms with Gasteiger partial charge in [-0.05, 0) is 48.6 Å². The Morgan fingerprint density at radius 2 is 1.96 bits per heavy atom. The molecule has 2 aromatic heterocycles. The largest absolute Gasteiger partial charge is 0.333 e. The van der Waals surface area contributed by atoms with Crippen LogP contribution in [0.25, 0.3) is 10.8 Å². The van der Waals surface area contributed by atoms with Crippen molar-refractivity contribution < 1.29 is 12.9 Å². The van der Waals surface area contributed by atoms with E-state index in [0.29, 0.717) is 33.2 Å². The summed E-state index contributed by atoms with van der Waals surface area (Å²) in [6, 6.07) is 7.65. The number of nitrogens with one attached hydrogen (secondary N) is 1. The van der Waals surface area contributed by atoms with E-state index in [9.17, 15) is 8.42 Å². The number of halogens is 1. The zero-order chi connectivity index (χ0) is 16.7. The van der Waals surface area contributed by atoms with Gasteiger partial charge in [0.25, 0.3) is 15.9 Å². The third kappa shape index (κ3) is 3.04.